The SMILES string of the molecule is CC(C)(C)OC(=O)N1CCC(Cc2ccc(C(=O)Nc3nc4ccccc4s3)s2)CC1. The molecule has 1 saturated heterocycles. The van der Waals surface area contributed by atoms with E-state index in [9.17, 15) is 9.59 Å². The van der Waals surface area contributed by atoms with E-state index in [1.54, 1.807) is 4.90 Å². The lowest BCUT2D eigenvalue weighted by Gasteiger charge is -2.33. The lowest BCUT2D eigenvalue weighted by Crippen LogP contribution is -2.42. The lowest BCUT2D eigenvalue weighted by atomic mass is 9.93. The van der Waals surface area contributed by atoms with Crippen molar-refractivity contribution < 1.29 is 14.3 Å². The van der Waals surface area contributed by atoms with Gasteiger partial charge in [-0.3, -0.25) is 10.1 Å². The first-order valence-electron chi connectivity index (χ1n) is 10.5. The van der Waals surface area contributed by atoms with Crippen LogP contribution in [0.15, 0.2) is 36.4 Å². The summed E-state index contributed by atoms with van der Waals surface area (Å²) in [5.41, 5.74) is 0.431. The van der Waals surface area contributed by atoms with Gasteiger partial charge in [-0.25, -0.2) is 9.78 Å². The number of hydrogen-bond donors (Lipinski definition) is 1. The highest BCUT2D eigenvalue weighted by atomic mass is 32.1. The Labute approximate surface area is 190 Å². The standard InChI is InChI=1S/C23H27N3O3S2/c1-23(2,3)29-22(28)26-12-10-15(11-13-26)14-16-8-9-19(30-16)20(27)25-21-24-17-6-4-5-7-18(17)31-21/h4-9,15H,10-14H2,1-3H3,(H,24,25,27). The number of anilines is 1. The zero-order valence-corrected chi connectivity index (χ0v) is 19.6. The third-order valence-electron chi connectivity index (χ3n) is 5.16. The third-order valence-corrected chi connectivity index (χ3v) is 7.21. The number of nitrogens with zero attached hydrogens (tertiary/aromatic N) is 2. The molecule has 2 amide bonds. The molecule has 0 aliphatic carbocycles. The van der Waals surface area contributed by atoms with Gasteiger partial charge in [-0.05, 0) is 70.2 Å². The van der Waals surface area contributed by atoms with E-state index in [0.29, 0.717) is 15.9 Å². The molecule has 164 valence electrons. The van der Waals surface area contributed by atoms with Crippen molar-refractivity contribution in [3.63, 3.8) is 0 Å². The minimum absolute atomic E-state index is 0.116. The molecule has 3 heterocycles. The molecule has 6 nitrogen and oxygen atoms in total. The number of likely N-dealkylation sites (tertiary alicyclic amines) is 1. The number of thiophene rings is 1. The zero-order chi connectivity index (χ0) is 22.0. The van der Waals surface area contributed by atoms with Crippen LogP contribution in [0.3, 0.4) is 0 Å². The van der Waals surface area contributed by atoms with Crippen molar-refractivity contribution in [2.75, 3.05) is 18.4 Å². The summed E-state index contributed by atoms with van der Waals surface area (Å²) in [5, 5.41) is 3.54. The van der Waals surface area contributed by atoms with Crippen LogP contribution in [-0.4, -0.2) is 40.6 Å². The Hall–Kier alpha value is -2.45. The second kappa shape index (κ2) is 8.96. The molecule has 3 aromatic rings. The zero-order valence-electron chi connectivity index (χ0n) is 18.0. The molecule has 8 heteroatoms. The highest BCUT2D eigenvalue weighted by Crippen LogP contribution is 2.29. The minimum atomic E-state index is -0.465. The monoisotopic (exact) mass is 457 g/mol. The van der Waals surface area contributed by atoms with Crippen LogP contribution < -0.4 is 5.32 Å². The van der Waals surface area contributed by atoms with Crippen LogP contribution in [0.5, 0.6) is 0 Å². The Morgan fingerprint density at radius 2 is 1.87 bits per heavy atom. The molecule has 0 bridgehead atoms. The van der Waals surface area contributed by atoms with Gasteiger partial charge in [0.2, 0.25) is 0 Å². The molecule has 1 N–H and O–H groups in total. The van der Waals surface area contributed by atoms with Gasteiger partial charge in [0.15, 0.2) is 5.13 Å². The second-order valence-electron chi connectivity index (χ2n) is 8.82. The van der Waals surface area contributed by atoms with E-state index in [0.717, 1.165) is 42.6 Å². The maximum atomic E-state index is 12.6. The van der Waals surface area contributed by atoms with Crippen molar-refractivity contribution in [3.05, 3.63) is 46.2 Å². The number of nitrogens with one attached hydrogen (secondary N) is 1. The number of rotatable bonds is 4. The molecule has 0 atom stereocenters. The smallest absolute Gasteiger partial charge is 0.410 e. The average Bonchev–Trinajstić information content (AvgIpc) is 3.33. The van der Waals surface area contributed by atoms with Crippen molar-refractivity contribution in [1.82, 2.24) is 9.88 Å². The first-order chi connectivity index (χ1) is 14.8. The normalized spacial score (nSPS) is 15.3. The number of thiazole rings is 1. The van der Waals surface area contributed by atoms with Gasteiger partial charge in [-0.1, -0.05) is 23.5 Å². The number of hydrogen-bond acceptors (Lipinski definition) is 6. The van der Waals surface area contributed by atoms with Gasteiger partial charge in [-0.2, -0.15) is 0 Å². The van der Waals surface area contributed by atoms with Gasteiger partial charge >= 0.3 is 6.09 Å². The predicted octanol–water partition coefficient (Wildman–Crippen LogP) is 5.80. The molecular formula is C23H27N3O3S2. The van der Waals surface area contributed by atoms with Gasteiger partial charge in [-0.15, -0.1) is 11.3 Å². The van der Waals surface area contributed by atoms with Crippen LogP contribution in [-0.2, 0) is 11.2 Å². The summed E-state index contributed by atoms with van der Waals surface area (Å²) in [5.74, 6) is 0.396. The van der Waals surface area contributed by atoms with Crippen LogP contribution in [0.2, 0.25) is 0 Å². The second-order valence-corrected chi connectivity index (χ2v) is 11.0. The summed E-state index contributed by atoms with van der Waals surface area (Å²) in [4.78, 5) is 33.0. The molecule has 0 radical (unpaired) electrons. The molecule has 0 saturated carbocycles. The number of carbonyl (C=O) groups excluding carboxylic acids is 2. The molecule has 31 heavy (non-hydrogen) atoms. The number of para-hydroxylation sites is 1. The molecule has 2 aromatic heterocycles. The number of carbonyl (C=O) groups is 2. The lowest BCUT2D eigenvalue weighted by molar-refractivity contribution is 0.0184. The maximum Gasteiger partial charge on any atom is 0.410 e. The summed E-state index contributed by atoms with van der Waals surface area (Å²) in [7, 11) is 0. The van der Waals surface area contributed by atoms with Crippen LogP contribution in [0, 0.1) is 5.92 Å². The van der Waals surface area contributed by atoms with E-state index >= 15 is 0 Å². The molecule has 1 aliphatic rings. The Balaban J connectivity index is 1.29. The minimum Gasteiger partial charge on any atom is -0.444 e. The molecule has 1 aromatic carbocycles. The third kappa shape index (κ3) is 5.62. The van der Waals surface area contributed by atoms with Gasteiger partial charge < -0.3 is 9.64 Å². The number of fused-ring (bicyclic) bond motifs is 1. The number of ether oxygens (including phenoxy) is 1. The molecule has 1 fully saturated rings. The van der Waals surface area contributed by atoms with Crippen molar-refractivity contribution in [3.8, 4) is 0 Å². The van der Waals surface area contributed by atoms with Crippen molar-refractivity contribution in [2.24, 2.45) is 5.92 Å². The number of piperidine rings is 1. The molecule has 0 spiro atoms. The van der Waals surface area contributed by atoms with Crippen molar-refractivity contribution in [1.29, 1.82) is 0 Å². The van der Waals surface area contributed by atoms with Gasteiger partial charge in [0.1, 0.15) is 5.60 Å². The Morgan fingerprint density at radius 1 is 1.13 bits per heavy atom. The van der Waals surface area contributed by atoms with E-state index in [4.69, 9.17) is 4.74 Å². The highest BCUT2D eigenvalue weighted by molar-refractivity contribution is 7.22. The summed E-state index contributed by atoms with van der Waals surface area (Å²) >= 11 is 3.02. The van der Waals surface area contributed by atoms with E-state index in [-0.39, 0.29) is 12.0 Å². The van der Waals surface area contributed by atoms with Crippen LogP contribution in [0.4, 0.5) is 9.93 Å². The van der Waals surface area contributed by atoms with Gasteiger partial charge in [0, 0.05) is 18.0 Å². The summed E-state index contributed by atoms with van der Waals surface area (Å²) in [6, 6.07) is 11.8. The molecular weight excluding hydrogens is 430 g/mol. The fourth-order valence-electron chi connectivity index (χ4n) is 3.62. The fourth-order valence-corrected chi connectivity index (χ4v) is 5.50. The predicted molar refractivity (Wildman–Crippen MR) is 126 cm³/mol. The Bertz CT molecular complexity index is 1040. The summed E-state index contributed by atoms with van der Waals surface area (Å²) in [6.07, 6.45) is 2.60. The molecule has 1 aliphatic heterocycles. The van der Waals surface area contributed by atoms with E-state index in [1.807, 2.05) is 57.2 Å². The van der Waals surface area contributed by atoms with E-state index < -0.39 is 5.60 Å². The van der Waals surface area contributed by atoms with Crippen LogP contribution in [0.25, 0.3) is 10.2 Å². The quantitative estimate of drug-likeness (QED) is 0.537. The first kappa shape index (κ1) is 21.8. The van der Waals surface area contributed by atoms with E-state index in [1.165, 1.54) is 27.6 Å². The van der Waals surface area contributed by atoms with Gasteiger partial charge in [0.25, 0.3) is 5.91 Å². The van der Waals surface area contributed by atoms with Crippen LogP contribution >= 0.6 is 22.7 Å². The average molecular weight is 458 g/mol. The highest BCUT2D eigenvalue weighted by Gasteiger charge is 2.27. The summed E-state index contributed by atoms with van der Waals surface area (Å²) in [6.45, 7) is 7.10. The molecule has 4 rings (SSSR count). The van der Waals surface area contributed by atoms with Gasteiger partial charge in [0.05, 0.1) is 15.1 Å². The number of aromatic nitrogens is 1. The first-order valence-corrected chi connectivity index (χ1v) is 12.1. The number of amides is 2. The Kier molecular flexibility index (Phi) is 6.29. The largest absolute Gasteiger partial charge is 0.444 e. The van der Waals surface area contributed by atoms with Crippen molar-refractivity contribution in [2.45, 2.75) is 45.6 Å². The van der Waals surface area contributed by atoms with Crippen molar-refractivity contribution >= 4 is 50.0 Å². The maximum absolute atomic E-state index is 12.6. The Morgan fingerprint density at radius 3 is 2.58 bits per heavy atom. The fraction of sp³-hybridized carbons (Fsp3) is 0.435. The van der Waals surface area contributed by atoms with Crippen LogP contribution in [0.1, 0.15) is 48.2 Å². The summed E-state index contributed by atoms with van der Waals surface area (Å²) < 4.78 is 6.53. The molecule has 0 unspecified atom stereocenters. The topological polar surface area (TPSA) is 71.5 Å². The van der Waals surface area contributed by atoms with E-state index in [2.05, 4.69) is 10.3 Å². The number of benzene rings is 1.